The molecule has 1 aliphatic rings. The van der Waals surface area contributed by atoms with Gasteiger partial charge in [-0.25, -0.2) is 0 Å². The van der Waals surface area contributed by atoms with E-state index in [9.17, 15) is 9.59 Å². The van der Waals surface area contributed by atoms with Crippen molar-refractivity contribution < 1.29 is 19.1 Å². The van der Waals surface area contributed by atoms with Crippen molar-refractivity contribution in [3.8, 4) is 11.5 Å². The van der Waals surface area contributed by atoms with Crippen LogP contribution in [0.3, 0.4) is 0 Å². The summed E-state index contributed by atoms with van der Waals surface area (Å²) in [6.07, 6.45) is 0.155. The lowest BCUT2D eigenvalue weighted by molar-refractivity contribution is -0.125. The highest BCUT2D eigenvalue weighted by Gasteiger charge is 2.35. The molecule has 4 rings (SSSR count). The summed E-state index contributed by atoms with van der Waals surface area (Å²) in [5.41, 5.74) is 8.75. The van der Waals surface area contributed by atoms with Crippen molar-refractivity contribution in [2.24, 2.45) is 5.92 Å². The first-order chi connectivity index (χ1) is 16.9. The molecule has 2 N–H and O–H groups in total. The second kappa shape index (κ2) is 10.9. The van der Waals surface area contributed by atoms with Gasteiger partial charge in [0.2, 0.25) is 11.8 Å². The molecular weight excluding hydrogens is 489 g/mol. The number of carbonyl (C=O) groups excluding carboxylic acids is 2. The van der Waals surface area contributed by atoms with Gasteiger partial charge in [-0.1, -0.05) is 47.0 Å². The Morgan fingerprint density at radius 2 is 1.77 bits per heavy atom. The van der Waals surface area contributed by atoms with Crippen LogP contribution in [-0.2, 0) is 16.2 Å². The SMILES string of the molecule is COc1cc(NNC(=O)[C@@H]2CC(=O)N(c3ccc(C)cc3)C2)ccc1OCc1c(Cl)cccc1Cl. The molecule has 0 aliphatic carbocycles. The Morgan fingerprint density at radius 1 is 1.06 bits per heavy atom. The minimum atomic E-state index is -0.457. The molecule has 0 radical (unpaired) electrons. The molecule has 182 valence electrons. The molecule has 3 aromatic carbocycles. The fraction of sp³-hybridized carbons (Fsp3) is 0.231. The second-order valence-corrected chi connectivity index (χ2v) is 9.02. The number of methoxy groups -OCH3 is 1. The molecule has 1 aliphatic heterocycles. The number of amides is 2. The van der Waals surface area contributed by atoms with E-state index >= 15 is 0 Å². The Bertz CT molecular complexity index is 1210. The number of halogens is 2. The minimum Gasteiger partial charge on any atom is -0.493 e. The summed E-state index contributed by atoms with van der Waals surface area (Å²) in [5, 5.41) is 1.03. The lowest BCUT2D eigenvalue weighted by Crippen LogP contribution is -2.36. The van der Waals surface area contributed by atoms with Gasteiger partial charge in [0.15, 0.2) is 11.5 Å². The molecule has 3 aromatic rings. The maximum Gasteiger partial charge on any atom is 0.243 e. The first-order valence-electron chi connectivity index (χ1n) is 11.0. The number of hydrogen-bond donors (Lipinski definition) is 2. The second-order valence-electron chi connectivity index (χ2n) is 8.21. The molecular formula is C26H25Cl2N3O4. The molecule has 35 heavy (non-hydrogen) atoms. The van der Waals surface area contributed by atoms with Crippen molar-refractivity contribution >= 4 is 46.4 Å². The van der Waals surface area contributed by atoms with Crippen LogP contribution in [0.4, 0.5) is 11.4 Å². The Balaban J connectivity index is 1.35. The zero-order valence-electron chi connectivity index (χ0n) is 19.3. The molecule has 0 saturated carbocycles. The van der Waals surface area contributed by atoms with Crippen molar-refractivity contribution in [1.29, 1.82) is 0 Å². The van der Waals surface area contributed by atoms with E-state index in [-0.39, 0.29) is 24.8 Å². The average molecular weight is 514 g/mol. The van der Waals surface area contributed by atoms with Crippen molar-refractivity contribution in [3.05, 3.63) is 81.8 Å². The van der Waals surface area contributed by atoms with Crippen LogP contribution < -0.4 is 25.2 Å². The number of rotatable bonds is 8. The molecule has 0 unspecified atom stereocenters. The third-order valence-electron chi connectivity index (χ3n) is 5.77. The Morgan fingerprint density at radius 3 is 2.46 bits per heavy atom. The normalized spacial score (nSPS) is 15.1. The largest absolute Gasteiger partial charge is 0.493 e. The van der Waals surface area contributed by atoms with Gasteiger partial charge >= 0.3 is 0 Å². The van der Waals surface area contributed by atoms with Crippen molar-refractivity contribution in [3.63, 3.8) is 0 Å². The number of nitrogens with zero attached hydrogens (tertiary/aromatic N) is 1. The Labute approximate surface area is 213 Å². The first kappa shape index (κ1) is 24.7. The molecule has 0 spiro atoms. The predicted molar refractivity (Wildman–Crippen MR) is 137 cm³/mol. The van der Waals surface area contributed by atoms with E-state index in [1.165, 1.54) is 7.11 Å². The summed E-state index contributed by atoms with van der Waals surface area (Å²) < 4.78 is 11.3. The lowest BCUT2D eigenvalue weighted by Gasteiger charge is -2.17. The molecule has 0 aromatic heterocycles. The highest BCUT2D eigenvalue weighted by molar-refractivity contribution is 6.35. The minimum absolute atomic E-state index is 0.0733. The molecule has 7 nitrogen and oxygen atoms in total. The Hall–Kier alpha value is -3.42. The quantitative estimate of drug-likeness (QED) is 0.395. The van der Waals surface area contributed by atoms with E-state index in [4.69, 9.17) is 32.7 Å². The van der Waals surface area contributed by atoms with Crippen molar-refractivity contribution in [1.82, 2.24) is 5.43 Å². The topological polar surface area (TPSA) is 79.9 Å². The monoisotopic (exact) mass is 513 g/mol. The molecule has 2 amide bonds. The van der Waals surface area contributed by atoms with Gasteiger partial charge in [-0.15, -0.1) is 0 Å². The highest BCUT2D eigenvalue weighted by Crippen LogP contribution is 2.33. The van der Waals surface area contributed by atoms with E-state index in [0.717, 1.165) is 11.3 Å². The maximum absolute atomic E-state index is 12.7. The number of hydrogen-bond acceptors (Lipinski definition) is 5. The number of ether oxygens (including phenoxy) is 2. The van der Waals surface area contributed by atoms with Crippen molar-refractivity contribution in [2.45, 2.75) is 20.0 Å². The summed E-state index contributed by atoms with van der Waals surface area (Å²) in [5.74, 6) is 0.169. The fourth-order valence-electron chi connectivity index (χ4n) is 3.78. The number of hydrazine groups is 1. The van der Waals surface area contributed by atoms with Gasteiger partial charge in [-0.05, 0) is 43.3 Å². The molecule has 1 saturated heterocycles. The first-order valence-corrected chi connectivity index (χ1v) is 11.8. The molecule has 1 atom stereocenters. The Kier molecular flexibility index (Phi) is 7.68. The summed E-state index contributed by atoms with van der Waals surface area (Å²) in [6, 6.07) is 18.1. The van der Waals surface area contributed by atoms with Crippen LogP contribution in [0.2, 0.25) is 10.0 Å². The smallest absolute Gasteiger partial charge is 0.243 e. The lowest BCUT2D eigenvalue weighted by atomic mass is 10.1. The molecule has 0 bridgehead atoms. The predicted octanol–water partition coefficient (Wildman–Crippen LogP) is 5.39. The highest BCUT2D eigenvalue weighted by atomic mass is 35.5. The third-order valence-corrected chi connectivity index (χ3v) is 6.48. The van der Waals surface area contributed by atoms with Crippen LogP contribution in [0.25, 0.3) is 0 Å². The van der Waals surface area contributed by atoms with E-state index in [0.29, 0.717) is 39.3 Å². The van der Waals surface area contributed by atoms with Gasteiger partial charge in [0.25, 0.3) is 0 Å². The van der Waals surface area contributed by atoms with Gasteiger partial charge < -0.3 is 14.4 Å². The molecule has 9 heteroatoms. The van der Waals surface area contributed by atoms with E-state index < -0.39 is 5.92 Å². The average Bonchev–Trinajstić information content (AvgIpc) is 3.24. The molecule has 1 heterocycles. The summed E-state index contributed by atoms with van der Waals surface area (Å²) in [4.78, 5) is 26.8. The van der Waals surface area contributed by atoms with Gasteiger partial charge in [0, 0.05) is 40.3 Å². The fourth-order valence-corrected chi connectivity index (χ4v) is 4.28. The van der Waals surface area contributed by atoms with Crippen LogP contribution in [0.1, 0.15) is 17.5 Å². The zero-order valence-corrected chi connectivity index (χ0v) is 20.8. The number of nitrogens with one attached hydrogen (secondary N) is 2. The standard InChI is InChI=1S/C26H25Cl2N3O4/c1-16-6-9-19(10-7-16)31-14-17(12-25(31)32)26(33)30-29-18-8-11-23(24(13-18)34-2)35-15-20-21(27)4-3-5-22(20)28/h3-11,13,17,29H,12,14-15H2,1-2H3,(H,30,33)/t17-/m1/s1. The van der Waals surface area contributed by atoms with Crippen LogP contribution in [0.5, 0.6) is 11.5 Å². The van der Waals surface area contributed by atoms with Gasteiger partial charge in [0.05, 0.1) is 18.7 Å². The number of benzene rings is 3. The number of anilines is 2. The molecule has 1 fully saturated rings. The summed E-state index contributed by atoms with van der Waals surface area (Å²) in [6.45, 7) is 2.49. The van der Waals surface area contributed by atoms with Crippen LogP contribution >= 0.6 is 23.2 Å². The zero-order chi connectivity index (χ0) is 24.9. The maximum atomic E-state index is 12.7. The van der Waals surface area contributed by atoms with E-state index in [1.807, 2.05) is 31.2 Å². The van der Waals surface area contributed by atoms with E-state index in [1.54, 1.807) is 41.3 Å². The number of aryl methyl sites for hydroxylation is 1. The summed E-state index contributed by atoms with van der Waals surface area (Å²) in [7, 11) is 1.52. The van der Waals surface area contributed by atoms with Gasteiger partial charge in [-0.2, -0.15) is 0 Å². The van der Waals surface area contributed by atoms with Gasteiger partial charge in [0.1, 0.15) is 6.61 Å². The van der Waals surface area contributed by atoms with Gasteiger partial charge in [-0.3, -0.25) is 20.4 Å². The summed E-state index contributed by atoms with van der Waals surface area (Å²) >= 11 is 12.4. The van der Waals surface area contributed by atoms with Crippen LogP contribution in [-0.4, -0.2) is 25.5 Å². The van der Waals surface area contributed by atoms with Crippen LogP contribution in [0.15, 0.2) is 60.7 Å². The van der Waals surface area contributed by atoms with Crippen LogP contribution in [0, 0.1) is 12.8 Å². The van der Waals surface area contributed by atoms with Crippen molar-refractivity contribution in [2.75, 3.05) is 24.0 Å². The number of carbonyl (C=O) groups is 2. The van der Waals surface area contributed by atoms with E-state index in [2.05, 4.69) is 10.9 Å². The third kappa shape index (κ3) is 5.81.